The number of nitrogens with zero attached hydrogens (tertiary/aromatic N) is 1. The maximum atomic E-state index is 12.6. The van der Waals surface area contributed by atoms with E-state index in [1.165, 1.54) is 19.5 Å². The van der Waals surface area contributed by atoms with Crippen LogP contribution in [0.4, 0.5) is 0 Å². The molecule has 24 heavy (non-hydrogen) atoms. The molecule has 126 valence electrons. The first kappa shape index (κ1) is 15.7. The lowest BCUT2D eigenvalue weighted by Crippen LogP contribution is -2.46. The van der Waals surface area contributed by atoms with Crippen molar-refractivity contribution in [3.05, 3.63) is 41.3 Å². The maximum absolute atomic E-state index is 12.6. The number of nitrogens with one attached hydrogen (secondary N) is 1. The van der Waals surface area contributed by atoms with Crippen molar-refractivity contribution in [3.8, 4) is 16.2 Å². The Kier molecular flexibility index (Phi) is 4.29. The van der Waals surface area contributed by atoms with E-state index in [2.05, 4.69) is 10.2 Å². The third-order valence-electron chi connectivity index (χ3n) is 5.01. The summed E-state index contributed by atoms with van der Waals surface area (Å²) in [5, 5.41) is 3.23. The van der Waals surface area contributed by atoms with Crippen LogP contribution in [0, 0.1) is 5.92 Å². The minimum atomic E-state index is 0.0623. The number of rotatable bonds is 4. The Labute approximate surface area is 146 Å². The number of thiophene rings is 1. The van der Waals surface area contributed by atoms with E-state index < -0.39 is 0 Å². The summed E-state index contributed by atoms with van der Waals surface area (Å²) >= 11 is 1.55. The number of benzene rings is 1. The van der Waals surface area contributed by atoms with Gasteiger partial charge < -0.3 is 15.0 Å². The van der Waals surface area contributed by atoms with Gasteiger partial charge in [0.2, 0.25) is 0 Å². The lowest BCUT2D eigenvalue weighted by molar-refractivity contribution is 0.0913. The Bertz CT molecular complexity index is 713. The Balaban J connectivity index is 1.42. The summed E-state index contributed by atoms with van der Waals surface area (Å²) in [5.74, 6) is 1.67. The van der Waals surface area contributed by atoms with Crippen molar-refractivity contribution in [2.24, 2.45) is 5.92 Å². The minimum Gasteiger partial charge on any atom is -0.497 e. The molecule has 0 radical (unpaired) electrons. The van der Waals surface area contributed by atoms with Gasteiger partial charge in [0.1, 0.15) is 5.75 Å². The zero-order valence-electron chi connectivity index (χ0n) is 13.8. The smallest absolute Gasteiger partial charge is 0.261 e. The molecule has 1 N–H and O–H groups in total. The van der Waals surface area contributed by atoms with Gasteiger partial charge in [0.25, 0.3) is 5.91 Å². The standard InChI is InChI=1S/C19H22N2O2S/c1-23-16-4-2-14(3-5-16)17-6-7-18(24-17)19(22)20-15-10-13-8-9-21(11-13)12-15/h2-7,13,15H,8-12H2,1H3,(H,20,22)/t13-,15+/m1/s1. The topological polar surface area (TPSA) is 41.6 Å². The molecule has 4 nitrogen and oxygen atoms in total. The first-order chi connectivity index (χ1) is 11.7. The zero-order valence-corrected chi connectivity index (χ0v) is 14.6. The van der Waals surface area contributed by atoms with E-state index in [-0.39, 0.29) is 5.91 Å². The summed E-state index contributed by atoms with van der Waals surface area (Å²) in [6.45, 7) is 3.41. The van der Waals surface area contributed by atoms with Crippen LogP contribution < -0.4 is 10.1 Å². The number of piperidine rings is 1. The first-order valence-electron chi connectivity index (χ1n) is 8.49. The van der Waals surface area contributed by atoms with E-state index in [0.717, 1.165) is 40.0 Å². The Morgan fingerprint density at radius 3 is 2.79 bits per heavy atom. The quantitative estimate of drug-likeness (QED) is 0.927. The fourth-order valence-electron chi connectivity index (χ4n) is 3.79. The van der Waals surface area contributed by atoms with Gasteiger partial charge in [-0.15, -0.1) is 11.3 Å². The zero-order chi connectivity index (χ0) is 16.5. The predicted molar refractivity (Wildman–Crippen MR) is 96.7 cm³/mol. The van der Waals surface area contributed by atoms with Gasteiger partial charge in [0.15, 0.2) is 0 Å². The van der Waals surface area contributed by atoms with Crippen LogP contribution in [0.15, 0.2) is 36.4 Å². The van der Waals surface area contributed by atoms with Crippen LogP contribution in [0.25, 0.3) is 10.4 Å². The van der Waals surface area contributed by atoms with E-state index in [4.69, 9.17) is 4.74 Å². The first-order valence-corrected chi connectivity index (χ1v) is 9.30. The van der Waals surface area contributed by atoms with Gasteiger partial charge in [-0.2, -0.15) is 0 Å². The molecule has 2 fully saturated rings. The third kappa shape index (κ3) is 3.19. The monoisotopic (exact) mass is 342 g/mol. The van der Waals surface area contributed by atoms with E-state index >= 15 is 0 Å². The van der Waals surface area contributed by atoms with Crippen molar-refractivity contribution >= 4 is 17.2 Å². The lowest BCUT2D eigenvalue weighted by atomic mass is 9.97. The molecule has 1 amide bonds. The lowest BCUT2D eigenvalue weighted by Gasteiger charge is -2.30. The van der Waals surface area contributed by atoms with Crippen molar-refractivity contribution in [2.45, 2.75) is 18.9 Å². The molecule has 3 atom stereocenters. The molecule has 0 saturated carbocycles. The minimum absolute atomic E-state index is 0.0623. The molecule has 1 unspecified atom stereocenters. The molecule has 0 aliphatic carbocycles. The van der Waals surface area contributed by atoms with Crippen molar-refractivity contribution in [3.63, 3.8) is 0 Å². The van der Waals surface area contributed by atoms with Crippen LogP contribution in [-0.4, -0.2) is 43.6 Å². The van der Waals surface area contributed by atoms with E-state index in [1.54, 1.807) is 18.4 Å². The molecule has 2 aliphatic rings. The van der Waals surface area contributed by atoms with E-state index in [9.17, 15) is 4.79 Å². The van der Waals surface area contributed by atoms with E-state index in [1.807, 2.05) is 36.4 Å². The van der Waals surface area contributed by atoms with Crippen molar-refractivity contribution in [1.82, 2.24) is 10.2 Å². The second-order valence-electron chi connectivity index (χ2n) is 6.71. The van der Waals surface area contributed by atoms with Gasteiger partial charge in [-0.3, -0.25) is 4.79 Å². The van der Waals surface area contributed by atoms with Gasteiger partial charge in [-0.1, -0.05) is 0 Å². The van der Waals surface area contributed by atoms with Crippen LogP contribution in [-0.2, 0) is 0 Å². The highest BCUT2D eigenvalue weighted by Crippen LogP contribution is 2.30. The van der Waals surface area contributed by atoms with Crippen LogP contribution in [0.1, 0.15) is 22.5 Å². The molecule has 2 aromatic rings. The molecule has 1 aromatic heterocycles. The highest BCUT2D eigenvalue weighted by molar-refractivity contribution is 7.17. The summed E-state index contributed by atoms with van der Waals surface area (Å²) in [6, 6.07) is 12.2. The number of ether oxygens (including phenoxy) is 1. The molecule has 2 saturated heterocycles. The largest absolute Gasteiger partial charge is 0.497 e. The summed E-state index contributed by atoms with van der Waals surface area (Å²) in [6.07, 6.45) is 2.41. The molecular formula is C19H22N2O2S. The molecule has 4 rings (SSSR count). The molecule has 2 bridgehead atoms. The number of hydrogen-bond acceptors (Lipinski definition) is 4. The van der Waals surface area contributed by atoms with Gasteiger partial charge >= 0.3 is 0 Å². The fourth-order valence-corrected chi connectivity index (χ4v) is 4.71. The normalized spacial score (nSPS) is 25.5. The SMILES string of the molecule is COc1ccc(-c2ccc(C(=O)N[C@H]3C[C@H]4CCN(C4)C3)s2)cc1. The van der Waals surface area contributed by atoms with Crippen molar-refractivity contribution < 1.29 is 9.53 Å². The Morgan fingerprint density at radius 2 is 2.04 bits per heavy atom. The number of methoxy groups -OCH3 is 1. The number of fused-ring (bicyclic) bond motifs is 2. The molecule has 2 aliphatic heterocycles. The van der Waals surface area contributed by atoms with Crippen LogP contribution in [0.3, 0.4) is 0 Å². The average Bonchev–Trinajstić information content (AvgIpc) is 3.22. The summed E-state index contributed by atoms with van der Waals surface area (Å²) < 4.78 is 5.19. The Hall–Kier alpha value is -1.85. The summed E-state index contributed by atoms with van der Waals surface area (Å²) in [7, 11) is 1.66. The highest BCUT2D eigenvalue weighted by Gasteiger charge is 2.33. The third-order valence-corrected chi connectivity index (χ3v) is 6.14. The van der Waals surface area contributed by atoms with Gasteiger partial charge in [0.05, 0.1) is 12.0 Å². The molecule has 1 aromatic carbocycles. The Morgan fingerprint density at radius 1 is 1.21 bits per heavy atom. The van der Waals surface area contributed by atoms with Crippen molar-refractivity contribution in [1.29, 1.82) is 0 Å². The van der Waals surface area contributed by atoms with Gasteiger partial charge in [-0.25, -0.2) is 0 Å². The van der Waals surface area contributed by atoms with Crippen LogP contribution in [0.5, 0.6) is 5.75 Å². The van der Waals surface area contributed by atoms with Crippen LogP contribution in [0.2, 0.25) is 0 Å². The average molecular weight is 342 g/mol. The highest BCUT2D eigenvalue weighted by atomic mass is 32.1. The van der Waals surface area contributed by atoms with Crippen LogP contribution >= 0.6 is 11.3 Å². The molecular weight excluding hydrogens is 320 g/mol. The van der Waals surface area contributed by atoms with Gasteiger partial charge in [0, 0.05) is 24.0 Å². The number of carbonyl (C=O) groups excluding carboxylic acids is 1. The number of amides is 1. The van der Waals surface area contributed by atoms with Crippen molar-refractivity contribution in [2.75, 3.05) is 26.7 Å². The second-order valence-corrected chi connectivity index (χ2v) is 7.80. The number of carbonyl (C=O) groups is 1. The number of hydrogen-bond donors (Lipinski definition) is 1. The molecule has 3 heterocycles. The fraction of sp³-hybridized carbons (Fsp3) is 0.421. The van der Waals surface area contributed by atoms with Gasteiger partial charge in [-0.05, 0) is 67.3 Å². The summed E-state index contributed by atoms with van der Waals surface area (Å²) in [4.78, 5) is 16.9. The molecule has 0 spiro atoms. The molecule has 5 heteroatoms. The maximum Gasteiger partial charge on any atom is 0.261 e. The second kappa shape index (κ2) is 6.57. The van der Waals surface area contributed by atoms with E-state index in [0.29, 0.717) is 6.04 Å². The summed E-state index contributed by atoms with van der Waals surface area (Å²) in [5.41, 5.74) is 1.11. The predicted octanol–water partition coefficient (Wildman–Crippen LogP) is 3.25.